The van der Waals surface area contributed by atoms with Crippen LogP contribution < -0.4 is 14.2 Å². The summed E-state index contributed by atoms with van der Waals surface area (Å²) >= 11 is 1.71. The molecule has 2 atom stereocenters. The van der Waals surface area contributed by atoms with Crippen LogP contribution in [0.4, 0.5) is 0 Å². The van der Waals surface area contributed by atoms with Gasteiger partial charge >= 0.3 is 0 Å². The molecule has 0 fully saturated rings. The van der Waals surface area contributed by atoms with Crippen molar-refractivity contribution in [3.63, 3.8) is 0 Å². The molecular weight excluding hydrogens is 438 g/mol. The number of benzene rings is 2. The number of nitrogens with zero attached hydrogens (tertiary/aromatic N) is 1. The Labute approximate surface area is 198 Å². The lowest BCUT2D eigenvalue weighted by Crippen LogP contribution is -2.42. The summed E-state index contributed by atoms with van der Waals surface area (Å²) in [4.78, 5) is 15.0. The first-order chi connectivity index (χ1) is 16.0. The van der Waals surface area contributed by atoms with E-state index in [1.54, 1.807) is 49.8 Å². The number of aliphatic hydroxyl groups is 1. The first-order valence-corrected chi connectivity index (χ1v) is 11.8. The molecule has 0 amide bonds. The molecule has 1 aromatic heterocycles. The van der Waals surface area contributed by atoms with E-state index in [0.29, 0.717) is 23.6 Å². The van der Waals surface area contributed by atoms with Gasteiger partial charge in [0.15, 0.2) is 17.3 Å². The van der Waals surface area contributed by atoms with E-state index >= 15 is 0 Å². The van der Waals surface area contributed by atoms with Crippen LogP contribution >= 0.6 is 11.3 Å². The van der Waals surface area contributed by atoms with Crippen molar-refractivity contribution in [2.75, 3.05) is 33.9 Å². The van der Waals surface area contributed by atoms with Crippen molar-refractivity contribution in [1.82, 2.24) is 4.90 Å². The van der Waals surface area contributed by atoms with Crippen LogP contribution in [0.25, 0.3) is 0 Å². The molecule has 0 saturated carbocycles. The Kier molecular flexibility index (Phi) is 7.33. The molecule has 0 unspecified atom stereocenters. The standard InChI is InChI=1S/C26H29NO5S/c1-17(28)18-6-8-21(9-7-18)32-16-20(29)15-27-11-10-19-13-23(30-2)24(31-3)14-22(19)26(27)25-5-4-12-33-25/h4-9,12-14,20,26,29H,10-11,15-16H2,1-3H3/t20-,26-/m0/s1. The van der Waals surface area contributed by atoms with Gasteiger partial charge in [0.2, 0.25) is 0 Å². The maximum Gasteiger partial charge on any atom is 0.161 e. The number of carbonyl (C=O) groups excluding carboxylic acids is 1. The average Bonchev–Trinajstić information content (AvgIpc) is 3.36. The normalized spacial score (nSPS) is 16.7. The minimum absolute atomic E-state index is 0.0147. The Bertz CT molecular complexity index is 1080. The highest BCUT2D eigenvalue weighted by molar-refractivity contribution is 7.10. The third-order valence-electron chi connectivity index (χ3n) is 5.93. The van der Waals surface area contributed by atoms with Crippen molar-refractivity contribution in [3.8, 4) is 17.2 Å². The van der Waals surface area contributed by atoms with Gasteiger partial charge < -0.3 is 19.3 Å². The topological polar surface area (TPSA) is 68.2 Å². The Hall–Kier alpha value is -2.87. The van der Waals surface area contributed by atoms with Crippen LogP contribution in [0.2, 0.25) is 0 Å². The second kappa shape index (κ2) is 10.4. The fourth-order valence-electron chi connectivity index (χ4n) is 4.28. The maximum absolute atomic E-state index is 11.4. The van der Waals surface area contributed by atoms with Crippen LogP contribution in [0.3, 0.4) is 0 Å². The Balaban J connectivity index is 1.50. The molecule has 7 heteroatoms. The summed E-state index contributed by atoms with van der Waals surface area (Å²) in [6, 6.07) is 15.3. The van der Waals surface area contributed by atoms with Gasteiger partial charge in [-0.15, -0.1) is 11.3 Å². The summed E-state index contributed by atoms with van der Waals surface area (Å²) in [5, 5.41) is 12.9. The predicted octanol–water partition coefficient (Wildman–Crippen LogP) is 4.36. The zero-order valence-electron chi connectivity index (χ0n) is 19.1. The van der Waals surface area contributed by atoms with Crippen molar-refractivity contribution >= 4 is 17.1 Å². The molecule has 1 N–H and O–H groups in total. The molecule has 2 heterocycles. The quantitative estimate of drug-likeness (QED) is 0.472. The Morgan fingerprint density at radius 3 is 2.52 bits per heavy atom. The molecule has 174 valence electrons. The number of hydrogen-bond donors (Lipinski definition) is 1. The molecule has 0 bridgehead atoms. The van der Waals surface area contributed by atoms with Crippen LogP contribution in [0.1, 0.15) is 39.3 Å². The first-order valence-electron chi connectivity index (χ1n) is 10.9. The molecule has 0 saturated heterocycles. The minimum atomic E-state index is -0.665. The van der Waals surface area contributed by atoms with Gasteiger partial charge in [-0.05, 0) is 72.3 Å². The van der Waals surface area contributed by atoms with Crippen molar-refractivity contribution in [2.45, 2.75) is 25.5 Å². The molecule has 0 spiro atoms. The lowest BCUT2D eigenvalue weighted by Gasteiger charge is -2.38. The van der Waals surface area contributed by atoms with Crippen molar-refractivity contribution < 1.29 is 24.1 Å². The van der Waals surface area contributed by atoms with E-state index < -0.39 is 6.10 Å². The molecule has 6 nitrogen and oxygen atoms in total. The molecule has 0 aliphatic carbocycles. The van der Waals surface area contributed by atoms with Crippen LogP contribution in [0.5, 0.6) is 17.2 Å². The smallest absolute Gasteiger partial charge is 0.161 e. The summed E-state index contributed by atoms with van der Waals surface area (Å²) in [7, 11) is 3.30. The molecular formula is C26H29NO5S. The zero-order chi connectivity index (χ0) is 23.4. The van der Waals surface area contributed by atoms with Gasteiger partial charge in [0, 0.05) is 23.5 Å². The summed E-state index contributed by atoms with van der Waals surface area (Å²) in [6.07, 6.45) is 0.194. The number of ketones is 1. The lowest BCUT2D eigenvalue weighted by atomic mass is 9.90. The van der Waals surface area contributed by atoms with E-state index in [1.165, 1.54) is 22.9 Å². The third-order valence-corrected chi connectivity index (χ3v) is 6.86. The van der Waals surface area contributed by atoms with Crippen molar-refractivity contribution in [2.24, 2.45) is 0 Å². The average molecular weight is 468 g/mol. The number of hydrogen-bond acceptors (Lipinski definition) is 7. The van der Waals surface area contributed by atoms with Gasteiger partial charge in [-0.3, -0.25) is 9.69 Å². The lowest BCUT2D eigenvalue weighted by molar-refractivity contribution is 0.0558. The van der Waals surface area contributed by atoms with Crippen LogP contribution in [-0.2, 0) is 6.42 Å². The number of Topliss-reactive ketones (excluding diaryl/α,β-unsaturated/α-hetero) is 1. The fraction of sp³-hybridized carbons (Fsp3) is 0.346. The maximum atomic E-state index is 11.4. The van der Waals surface area contributed by atoms with Gasteiger partial charge in [0.05, 0.1) is 20.3 Å². The number of carbonyl (C=O) groups is 1. The number of methoxy groups -OCH3 is 2. The largest absolute Gasteiger partial charge is 0.493 e. The van der Waals surface area contributed by atoms with E-state index in [-0.39, 0.29) is 18.4 Å². The van der Waals surface area contributed by atoms with E-state index in [4.69, 9.17) is 14.2 Å². The molecule has 0 radical (unpaired) electrons. The Morgan fingerprint density at radius 2 is 1.88 bits per heavy atom. The second-order valence-electron chi connectivity index (χ2n) is 8.11. The molecule has 2 aromatic carbocycles. The molecule has 3 aromatic rings. The summed E-state index contributed by atoms with van der Waals surface area (Å²) in [5.41, 5.74) is 3.05. The van der Waals surface area contributed by atoms with E-state index in [0.717, 1.165) is 18.7 Å². The number of ether oxygens (including phenoxy) is 3. The van der Waals surface area contributed by atoms with E-state index in [1.807, 2.05) is 0 Å². The van der Waals surface area contributed by atoms with Gasteiger partial charge in [-0.1, -0.05) is 6.07 Å². The predicted molar refractivity (Wildman–Crippen MR) is 129 cm³/mol. The monoisotopic (exact) mass is 467 g/mol. The SMILES string of the molecule is COc1cc2c(cc1OC)[C@@H](c1cccs1)N(C[C@H](O)COc1ccc(C(C)=O)cc1)CC2. The second-order valence-corrected chi connectivity index (χ2v) is 9.09. The molecule has 1 aliphatic rings. The van der Waals surface area contributed by atoms with Gasteiger partial charge in [0.25, 0.3) is 0 Å². The highest BCUT2D eigenvalue weighted by Crippen LogP contribution is 2.42. The molecule has 1 aliphatic heterocycles. The highest BCUT2D eigenvalue weighted by atomic mass is 32.1. The van der Waals surface area contributed by atoms with Gasteiger partial charge in [0.1, 0.15) is 18.5 Å². The number of fused-ring (bicyclic) bond motifs is 1. The first kappa shape index (κ1) is 23.3. The van der Waals surface area contributed by atoms with Gasteiger partial charge in [-0.2, -0.15) is 0 Å². The fourth-order valence-corrected chi connectivity index (χ4v) is 5.15. The summed E-state index contributed by atoms with van der Waals surface area (Å²) in [5.74, 6) is 2.09. The third kappa shape index (κ3) is 5.21. The van der Waals surface area contributed by atoms with Gasteiger partial charge in [-0.25, -0.2) is 0 Å². The van der Waals surface area contributed by atoms with Crippen molar-refractivity contribution in [3.05, 3.63) is 75.5 Å². The zero-order valence-corrected chi connectivity index (χ0v) is 19.9. The summed E-state index contributed by atoms with van der Waals surface area (Å²) in [6.45, 7) is 3.00. The van der Waals surface area contributed by atoms with Crippen LogP contribution in [0, 0.1) is 0 Å². The number of β-amino-alcohol motifs (C(OH)–C–C–N with tert-alkyl or cyclic N) is 1. The number of rotatable bonds is 9. The highest BCUT2D eigenvalue weighted by Gasteiger charge is 2.32. The molecule has 4 rings (SSSR count). The van der Waals surface area contributed by atoms with E-state index in [2.05, 4.69) is 34.5 Å². The number of thiophene rings is 1. The van der Waals surface area contributed by atoms with Crippen LogP contribution in [0.15, 0.2) is 53.9 Å². The Morgan fingerprint density at radius 1 is 1.15 bits per heavy atom. The van der Waals surface area contributed by atoms with Crippen molar-refractivity contribution in [1.29, 1.82) is 0 Å². The summed E-state index contributed by atoms with van der Waals surface area (Å²) < 4.78 is 16.9. The van der Waals surface area contributed by atoms with E-state index in [9.17, 15) is 9.90 Å². The minimum Gasteiger partial charge on any atom is -0.493 e. The molecule has 33 heavy (non-hydrogen) atoms. The number of aliphatic hydroxyl groups excluding tert-OH is 1. The van der Waals surface area contributed by atoms with Crippen LogP contribution in [-0.4, -0.2) is 55.8 Å².